The number of rotatable bonds is 7. The van der Waals surface area contributed by atoms with Gasteiger partial charge in [-0.15, -0.1) is 0 Å². The lowest BCUT2D eigenvalue weighted by atomic mass is 9.80. The van der Waals surface area contributed by atoms with Gasteiger partial charge in [-0.05, 0) is 32.1 Å². The number of nitrogens with one attached hydrogen (secondary N) is 2. The van der Waals surface area contributed by atoms with Crippen molar-refractivity contribution in [1.82, 2.24) is 15.8 Å². The van der Waals surface area contributed by atoms with Crippen LogP contribution in [-0.2, 0) is 11.2 Å². The Morgan fingerprint density at radius 1 is 1.36 bits per heavy atom. The fourth-order valence-electron chi connectivity index (χ4n) is 3.44. The van der Waals surface area contributed by atoms with Gasteiger partial charge in [-0.25, -0.2) is 0 Å². The van der Waals surface area contributed by atoms with Crippen molar-refractivity contribution in [3.05, 3.63) is 17.5 Å². The molecule has 25 heavy (non-hydrogen) atoms. The van der Waals surface area contributed by atoms with E-state index in [2.05, 4.69) is 22.7 Å². The number of hydrogen-bond donors (Lipinski definition) is 3. The van der Waals surface area contributed by atoms with Gasteiger partial charge in [-0.1, -0.05) is 25.4 Å². The zero-order valence-corrected chi connectivity index (χ0v) is 15.4. The van der Waals surface area contributed by atoms with Crippen LogP contribution in [0.15, 0.2) is 10.6 Å². The van der Waals surface area contributed by atoms with Crippen LogP contribution in [0.3, 0.4) is 0 Å². The number of aryl methyl sites for hydroxylation is 1. The maximum atomic E-state index is 12.4. The maximum absolute atomic E-state index is 12.4. The zero-order valence-electron chi connectivity index (χ0n) is 15.4. The van der Waals surface area contributed by atoms with E-state index in [1.54, 1.807) is 6.07 Å². The highest BCUT2D eigenvalue weighted by atomic mass is 16.5. The number of nitrogens with zero attached hydrogens (tertiary/aromatic N) is 1. The lowest BCUT2D eigenvalue weighted by Crippen LogP contribution is -2.49. The summed E-state index contributed by atoms with van der Waals surface area (Å²) in [6.07, 6.45) is 4.56. The first-order valence-electron chi connectivity index (χ1n) is 9.24. The van der Waals surface area contributed by atoms with Gasteiger partial charge in [0.2, 0.25) is 5.91 Å². The molecular weight excluding hydrogens is 320 g/mol. The molecule has 0 radical (unpaired) electrons. The summed E-state index contributed by atoms with van der Waals surface area (Å²) in [5, 5.41) is 9.99. The smallest absolute Gasteiger partial charge is 0.273 e. The van der Waals surface area contributed by atoms with Crippen LogP contribution in [0.1, 0.15) is 69.1 Å². The van der Waals surface area contributed by atoms with E-state index in [4.69, 9.17) is 10.3 Å². The van der Waals surface area contributed by atoms with Crippen molar-refractivity contribution in [1.29, 1.82) is 0 Å². The number of hydrogen-bond acceptors (Lipinski definition) is 5. The second kappa shape index (κ2) is 8.99. The molecule has 7 heteroatoms. The fourth-order valence-corrected chi connectivity index (χ4v) is 3.44. The van der Waals surface area contributed by atoms with Gasteiger partial charge in [0, 0.05) is 37.0 Å². The summed E-state index contributed by atoms with van der Waals surface area (Å²) in [6.45, 7) is 5.90. The molecule has 1 heterocycles. The van der Waals surface area contributed by atoms with Gasteiger partial charge in [0.25, 0.3) is 5.91 Å². The quantitative estimate of drug-likeness (QED) is 0.694. The molecule has 7 nitrogen and oxygen atoms in total. The van der Waals surface area contributed by atoms with Crippen LogP contribution in [0, 0.1) is 5.92 Å². The van der Waals surface area contributed by atoms with Crippen LogP contribution in [0.5, 0.6) is 0 Å². The van der Waals surface area contributed by atoms with Crippen LogP contribution in [-0.4, -0.2) is 35.1 Å². The Morgan fingerprint density at radius 2 is 2.12 bits per heavy atom. The standard InChI is InChI=1S/C18H30N4O3/c1-4-12-9-13(20-17(23)8-11(3)19)6-7-15(12)21-18(24)16-10-14(5-2)25-22-16/h10-13,15H,4-9,19H2,1-3H3,(H,20,23)(H,21,24)/t11-,12-,13+,15+/m0/s1. The third kappa shape index (κ3) is 5.56. The highest BCUT2D eigenvalue weighted by Crippen LogP contribution is 2.27. The molecule has 140 valence electrons. The summed E-state index contributed by atoms with van der Waals surface area (Å²) >= 11 is 0. The van der Waals surface area contributed by atoms with Crippen molar-refractivity contribution in [2.45, 2.75) is 77.4 Å². The Hall–Kier alpha value is -1.89. The number of nitrogens with two attached hydrogens (primary N) is 1. The van der Waals surface area contributed by atoms with E-state index in [0.29, 0.717) is 30.2 Å². The van der Waals surface area contributed by atoms with Gasteiger partial charge in [0.15, 0.2) is 5.69 Å². The molecule has 1 aromatic rings. The average Bonchev–Trinajstić information content (AvgIpc) is 3.04. The molecule has 1 saturated carbocycles. The van der Waals surface area contributed by atoms with E-state index in [-0.39, 0.29) is 29.9 Å². The summed E-state index contributed by atoms with van der Waals surface area (Å²) in [7, 11) is 0. The molecular formula is C18H30N4O3. The summed E-state index contributed by atoms with van der Waals surface area (Å²) in [6, 6.07) is 1.81. The summed E-state index contributed by atoms with van der Waals surface area (Å²) in [5.74, 6) is 0.854. The summed E-state index contributed by atoms with van der Waals surface area (Å²) in [5.41, 5.74) is 6.01. The highest BCUT2D eigenvalue weighted by Gasteiger charge is 2.31. The molecule has 1 aliphatic rings. The predicted molar refractivity (Wildman–Crippen MR) is 95.0 cm³/mol. The Kier molecular flexibility index (Phi) is 6.99. The lowest BCUT2D eigenvalue weighted by Gasteiger charge is -2.36. The minimum atomic E-state index is -0.189. The zero-order chi connectivity index (χ0) is 18.4. The minimum absolute atomic E-state index is 0.00651. The molecule has 1 aromatic heterocycles. The number of aromatic nitrogens is 1. The van der Waals surface area contributed by atoms with Crippen LogP contribution in [0.2, 0.25) is 0 Å². The molecule has 0 bridgehead atoms. The molecule has 0 saturated heterocycles. The van der Waals surface area contributed by atoms with Crippen molar-refractivity contribution >= 4 is 11.8 Å². The molecule has 0 unspecified atom stereocenters. The van der Waals surface area contributed by atoms with E-state index in [1.165, 1.54) is 0 Å². The third-order valence-corrected chi connectivity index (χ3v) is 4.84. The molecule has 1 fully saturated rings. The van der Waals surface area contributed by atoms with Gasteiger partial charge in [-0.3, -0.25) is 9.59 Å². The Labute approximate surface area is 149 Å². The molecule has 2 rings (SSSR count). The number of carbonyl (C=O) groups is 2. The number of amides is 2. The Morgan fingerprint density at radius 3 is 2.72 bits per heavy atom. The van der Waals surface area contributed by atoms with Gasteiger partial charge >= 0.3 is 0 Å². The summed E-state index contributed by atoms with van der Waals surface area (Å²) in [4.78, 5) is 24.3. The second-order valence-electron chi connectivity index (χ2n) is 7.04. The van der Waals surface area contributed by atoms with Crippen LogP contribution >= 0.6 is 0 Å². The topological polar surface area (TPSA) is 110 Å². The van der Waals surface area contributed by atoms with Gasteiger partial charge in [-0.2, -0.15) is 0 Å². The molecule has 0 aromatic carbocycles. The molecule has 4 atom stereocenters. The van der Waals surface area contributed by atoms with Crippen molar-refractivity contribution in [3.63, 3.8) is 0 Å². The van der Waals surface area contributed by atoms with E-state index in [0.717, 1.165) is 25.7 Å². The van der Waals surface area contributed by atoms with Crippen LogP contribution in [0.25, 0.3) is 0 Å². The Bertz CT molecular complexity index is 585. The van der Waals surface area contributed by atoms with E-state index >= 15 is 0 Å². The largest absolute Gasteiger partial charge is 0.361 e. The van der Waals surface area contributed by atoms with Crippen molar-refractivity contribution < 1.29 is 14.1 Å². The van der Waals surface area contributed by atoms with Crippen molar-refractivity contribution in [3.8, 4) is 0 Å². The average molecular weight is 350 g/mol. The summed E-state index contributed by atoms with van der Waals surface area (Å²) < 4.78 is 5.10. The molecule has 2 amide bonds. The normalized spacial score (nSPS) is 24.6. The maximum Gasteiger partial charge on any atom is 0.273 e. The van der Waals surface area contributed by atoms with Crippen LogP contribution < -0.4 is 16.4 Å². The van der Waals surface area contributed by atoms with Gasteiger partial charge < -0.3 is 20.9 Å². The van der Waals surface area contributed by atoms with Crippen molar-refractivity contribution in [2.24, 2.45) is 11.7 Å². The molecule has 1 aliphatic carbocycles. The third-order valence-electron chi connectivity index (χ3n) is 4.84. The van der Waals surface area contributed by atoms with Gasteiger partial charge in [0.1, 0.15) is 5.76 Å². The highest BCUT2D eigenvalue weighted by molar-refractivity contribution is 5.92. The van der Waals surface area contributed by atoms with E-state index in [1.807, 2.05) is 13.8 Å². The van der Waals surface area contributed by atoms with E-state index < -0.39 is 0 Å². The van der Waals surface area contributed by atoms with Crippen LogP contribution in [0.4, 0.5) is 0 Å². The first-order valence-corrected chi connectivity index (χ1v) is 9.24. The first kappa shape index (κ1) is 19.4. The second-order valence-corrected chi connectivity index (χ2v) is 7.04. The fraction of sp³-hybridized carbons (Fsp3) is 0.722. The Balaban J connectivity index is 1.88. The predicted octanol–water partition coefficient (Wildman–Crippen LogP) is 1.77. The lowest BCUT2D eigenvalue weighted by molar-refractivity contribution is -0.122. The SMILES string of the molecule is CCc1cc(C(=O)N[C@@H]2CC[C@@H](NC(=O)C[C@H](C)N)C[C@@H]2CC)no1. The first-order chi connectivity index (χ1) is 11.9. The van der Waals surface area contributed by atoms with Crippen molar-refractivity contribution in [2.75, 3.05) is 0 Å². The van der Waals surface area contributed by atoms with Gasteiger partial charge in [0.05, 0.1) is 0 Å². The molecule has 0 aliphatic heterocycles. The molecule has 4 N–H and O–H groups in total. The van der Waals surface area contributed by atoms with E-state index in [9.17, 15) is 9.59 Å². The number of carbonyl (C=O) groups excluding carboxylic acids is 2. The minimum Gasteiger partial charge on any atom is -0.361 e. The molecule has 0 spiro atoms. The monoisotopic (exact) mass is 350 g/mol.